The molecule has 5 nitrogen and oxygen atoms in total. The van der Waals surface area contributed by atoms with Crippen molar-refractivity contribution in [1.82, 2.24) is 0 Å². The van der Waals surface area contributed by atoms with Crippen molar-refractivity contribution in [3.8, 4) is 11.1 Å². The van der Waals surface area contributed by atoms with Crippen molar-refractivity contribution in [1.29, 1.82) is 0 Å². The van der Waals surface area contributed by atoms with E-state index in [1.807, 2.05) is 66.7 Å². The highest BCUT2D eigenvalue weighted by Gasteiger charge is 2.44. The van der Waals surface area contributed by atoms with Crippen LogP contribution in [0, 0.1) is 0 Å². The first-order valence-corrected chi connectivity index (χ1v) is 9.94. The zero-order valence-electron chi connectivity index (χ0n) is 16.9. The van der Waals surface area contributed by atoms with Gasteiger partial charge in [0.2, 0.25) is 0 Å². The standard InChI is InChI=1S/C25H23NO4/c1-3-30-24(27)23(26(25(28)29-2)17-11-5-4-6-12-17)22-20-15-9-7-13-18(20)19-14-8-10-16-21(19)22/h4-16,22-23H,3H2,1-2H3/t23-/m0/s1. The fraction of sp³-hybridized carbons (Fsp3) is 0.200. The number of fused-ring (bicyclic) bond motifs is 3. The number of carbonyl (C=O) groups excluding carboxylic acids is 2. The molecule has 30 heavy (non-hydrogen) atoms. The maximum Gasteiger partial charge on any atom is 0.414 e. The minimum atomic E-state index is -0.912. The van der Waals surface area contributed by atoms with Gasteiger partial charge in [-0.3, -0.25) is 4.90 Å². The Labute approximate surface area is 175 Å². The van der Waals surface area contributed by atoms with Crippen molar-refractivity contribution >= 4 is 17.7 Å². The lowest BCUT2D eigenvalue weighted by Crippen LogP contribution is -2.49. The normalized spacial score (nSPS) is 13.1. The van der Waals surface area contributed by atoms with E-state index in [0.29, 0.717) is 5.69 Å². The summed E-state index contributed by atoms with van der Waals surface area (Å²) in [6.45, 7) is 1.98. The topological polar surface area (TPSA) is 55.8 Å². The number of amides is 1. The van der Waals surface area contributed by atoms with Gasteiger partial charge in [-0.1, -0.05) is 66.7 Å². The second kappa shape index (κ2) is 8.41. The average Bonchev–Trinajstić information content (AvgIpc) is 3.12. The Bertz CT molecular complexity index is 1020. The third kappa shape index (κ3) is 3.32. The van der Waals surface area contributed by atoms with Crippen molar-refractivity contribution in [3.63, 3.8) is 0 Å². The lowest BCUT2D eigenvalue weighted by Gasteiger charge is -2.33. The minimum absolute atomic E-state index is 0.217. The van der Waals surface area contributed by atoms with E-state index in [1.165, 1.54) is 12.0 Å². The number of esters is 1. The maximum atomic E-state index is 13.3. The molecule has 0 spiro atoms. The summed E-state index contributed by atoms with van der Waals surface area (Å²) in [5.74, 6) is -0.848. The predicted octanol–water partition coefficient (Wildman–Crippen LogP) is 5.00. The molecule has 0 aliphatic heterocycles. The third-order valence-electron chi connectivity index (χ3n) is 5.41. The number of carbonyl (C=O) groups is 2. The highest BCUT2D eigenvalue weighted by atomic mass is 16.6. The number of hydrogen-bond donors (Lipinski definition) is 0. The molecule has 0 fully saturated rings. The molecule has 0 aromatic heterocycles. The Morgan fingerprint density at radius 3 is 1.93 bits per heavy atom. The predicted molar refractivity (Wildman–Crippen MR) is 115 cm³/mol. The van der Waals surface area contributed by atoms with Crippen LogP contribution in [-0.2, 0) is 14.3 Å². The SMILES string of the molecule is CCOC(=O)[C@H](C1c2ccccc2-c2ccccc21)N(C(=O)OC)c1ccccc1. The van der Waals surface area contributed by atoms with E-state index >= 15 is 0 Å². The molecule has 0 N–H and O–H groups in total. The summed E-state index contributed by atoms with van der Waals surface area (Å²) >= 11 is 0. The fourth-order valence-corrected chi connectivity index (χ4v) is 4.22. The summed E-state index contributed by atoms with van der Waals surface area (Å²) < 4.78 is 10.5. The third-order valence-corrected chi connectivity index (χ3v) is 5.41. The van der Waals surface area contributed by atoms with Crippen LogP contribution in [0.2, 0.25) is 0 Å². The van der Waals surface area contributed by atoms with E-state index in [-0.39, 0.29) is 12.5 Å². The highest BCUT2D eigenvalue weighted by molar-refractivity contribution is 5.98. The zero-order chi connectivity index (χ0) is 21.1. The molecule has 0 saturated heterocycles. The molecule has 5 heteroatoms. The monoisotopic (exact) mass is 401 g/mol. The van der Waals surface area contributed by atoms with Crippen LogP contribution in [0.4, 0.5) is 10.5 Å². The first kappa shape index (κ1) is 19.7. The van der Waals surface area contributed by atoms with Gasteiger partial charge in [-0.2, -0.15) is 0 Å². The summed E-state index contributed by atoms with van der Waals surface area (Å²) in [4.78, 5) is 27.7. The zero-order valence-corrected chi connectivity index (χ0v) is 16.9. The number of para-hydroxylation sites is 1. The van der Waals surface area contributed by atoms with Crippen molar-refractivity contribution in [2.75, 3.05) is 18.6 Å². The van der Waals surface area contributed by atoms with Crippen molar-refractivity contribution in [2.45, 2.75) is 18.9 Å². The molecule has 0 heterocycles. The maximum absolute atomic E-state index is 13.3. The molecule has 0 radical (unpaired) electrons. The molecule has 1 amide bonds. The number of nitrogens with zero attached hydrogens (tertiary/aromatic N) is 1. The van der Waals surface area contributed by atoms with Crippen LogP contribution < -0.4 is 4.90 Å². The Balaban J connectivity index is 1.94. The van der Waals surface area contributed by atoms with Gasteiger partial charge < -0.3 is 9.47 Å². The number of rotatable bonds is 5. The van der Waals surface area contributed by atoms with Gasteiger partial charge in [0.25, 0.3) is 0 Å². The van der Waals surface area contributed by atoms with E-state index < -0.39 is 18.1 Å². The van der Waals surface area contributed by atoms with E-state index in [1.54, 1.807) is 19.1 Å². The van der Waals surface area contributed by atoms with Gasteiger partial charge in [-0.25, -0.2) is 9.59 Å². The molecule has 1 aliphatic carbocycles. The van der Waals surface area contributed by atoms with Gasteiger partial charge in [0.05, 0.1) is 13.7 Å². The molecule has 0 saturated carbocycles. The molecular formula is C25H23NO4. The number of anilines is 1. The van der Waals surface area contributed by atoms with Gasteiger partial charge >= 0.3 is 12.1 Å². The van der Waals surface area contributed by atoms with E-state index in [4.69, 9.17) is 9.47 Å². The molecule has 0 unspecified atom stereocenters. The second-order valence-electron chi connectivity index (χ2n) is 7.02. The quantitative estimate of drug-likeness (QED) is 0.565. The van der Waals surface area contributed by atoms with Gasteiger partial charge in [-0.15, -0.1) is 0 Å². The van der Waals surface area contributed by atoms with Crippen LogP contribution in [0.15, 0.2) is 78.9 Å². The smallest absolute Gasteiger partial charge is 0.414 e. The summed E-state index contributed by atoms with van der Waals surface area (Å²) in [6.07, 6.45) is -0.610. The Kier molecular flexibility index (Phi) is 5.53. The van der Waals surface area contributed by atoms with Crippen LogP contribution in [0.25, 0.3) is 11.1 Å². The fourth-order valence-electron chi connectivity index (χ4n) is 4.22. The van der Waals surface area contributed by atoms with Crippen LogP contribution in [0.1, 0.15) is 24.0 Å². The summed E-state index contributed by atoms with van der Waals surface area (Å²) in [6, 6.07) is 24.1. The number of hydrogen-bond acceptors (Lipinski definition) is 4. The molecule has 1 aliphatic rings. The van der Waals surface area contributed by atoms with E-state index in [2.05, 4.69) is 0 Å². The average molecular weight is 401 g/mol. The van der Waals surface area contributed by atoms with Crippen molar-refractivity contribution in [2.24, 2.45) is 0 Å². The lowest BCUT2D eigenvalue weighted by atomic mass is 9.88. The lowest BCUT2D eigenvalue weighted by molar-refractivity contribution is -0.145. The van der Waals surface area contributed by atoms with Crippen LogP contribution in [0.5, 0.6) is 0 Å². The first-order chi connectivity index (χ1) is 14.7. The van der Waals surface area contributed by atoms with E-state index in [9.17, 15) is 9.59 Å². The Morgan fingerprint density at radius 2 is 1.40 bits per heavy atom. The summed E-state index contributed by atoms with van der Waals surface area (Å²) in [5.41, 5.74) is 4.67. The molecular weight excluding hydrogens is 378 g/mol. The number of methoxy groups -OCH3 is 1. The second-order valence-corrected chi connectivity index (χ2v) is 7.02. The van der Waals surface area contributed by atoms with Gasteiger partial charge in [0.15, 0.2) is 0 Å². The van der Waals surface area contributed by atoms with Crippen molar-refractivity contribution < 1.29 is 19.1 Å². The number of benzene rings is 3. The van der Waals surface area contributed by atoms with Gasteiger partial charge in [-0.05, 0) is 41.3 Å². The van der Waals surface area contributed by atoms with Crippen LogP contribution >= 0.6 is 0 Å². The Hall–Kier alpha value is -3.60. The minimum Gasteiger partial charge on any atom is -0.464 e. The largest absolute Gasteiger partial charge is 0.464 e. The highest BCUT2D eigenvalue weighted by Crippen LogP contribution is 2.48. The van der Waals surface area contributed by atoms with E-state index in [0.717, 1.165) is 22.3 Å². The van der Waals surface area contributed by atoms with Crippen molar-refractivity contribution in [3.05, 3.63) is 90.0 Å². The summed E-state index contributed by atoms with van der Waals surface area (Å²) in [7, 11) is 1.32. The van der Waals surface area contributed by atoms with Gasteiger partial charge in [0, 0.05) is 11.6 Å². The van der Waals surface area contributed by atoms with Gasteiger partial charge in [0.1, 0.15) is 6.04 Å². The molecule has 3 aromatic rings. The van der Waals surface area contributed by atoms with Crippen LogP contribution in [0.3, 0.4) is 0 Å². The molecule has 152 valence electrons. The molecule has 4 rings (SSSR count). The first-order valence-electron chi connectivity index (χ1n) is 9.94. The molecule has 1 atom stereocenters. The van der Waals surface area contributed by atoms with Crippen LogP contribution in [-0.4, -0.2) is 31.8 Å². The number of ether oxygens (including phenoxy) is 2. The molecule has 3 aromatic carbocycles. The summed E-state index contributed by atoms with van der Waals surface area (Å²) in [5, 5.41) is 0. The molecule has 0 bridgehead atoms. The Morgan fingerprint density at radius 1 is 0.867 bits per heavy atom.